The lowest BCUT2D eigenvalue weighted by molar-refractivity contribution is -0.122. The third-order valence-corrected chi connectivity index (χ3v) is 14.2. The number of amides is 4. The fourth-order valence-electron chi connectivity index (χ4n) is 8.20. The van der Waals surface area contributed by atoms with Crippen molar-refractivity contribution in [2.75, 3.05) is 10.6 Å². The maximum Gasteiger partial charge on any atom is 0.261 e. The van der Waals surface area contributed by atoms with Crippen LogP contribution in [0.4, 0.5) is 20.2 Å². The Kier molecular flexibility index (Phi) is 14.2. The van der Waals surface area contributed by atoms with Gasteiger partial charge in [0, 0.05) is 69.5 Å². The van der Waals surface area contributed by atoms with Crippen LogP contribution in [0.2, 0.25) is 0 Å². The van der Waals surface area contributed by atoms with Crippen molar-refractivity contribution in [2.45, 2.75) is 52.3 Å². The van der Waals surface area contributed by atoms with E-state index in [2.05, 4.69) is 33.4 Å². The Morgan fingerprint density at radius 1 is 0.500 bits per heavy atom. The van der Waals surface area contributed by atoms with Gasteiger partial charge in [0.1, 0.15) is 22.7 Å². The topological polar surface area (TPSA) is 151 Å². The molecule has 0 fully saturated rings. The molecular formula is C53H43ClF2N4O6S2. The maximum absolute atomic E-state index is 13.6. The first-order valence-corrected chi connectivity index (χ1v) is 24.7. The lowest BCUT2D eigenvalue weighted by Crippen LogP contribution is -2.57. The average molecular weight is 970 g/mol. The molecule has 0 saturated carbocycles. The highest BCUT2D eigenvalue weighted by atomic mass is 35.7. The molecule has 10 nitrogen and oxygen atoms in total. The Morgan fingerprint density at radius 2 is 0.868 bits per heavy atom. The van der Waals surface area contributed by atoms with Crippen LogP contribution in [0.15, 0.2) is 186 Å². The molecule has 9 rings (SSSR count). The SMILES string of the molecule is O=C(NC1(C(=O)Nc2ccc(S(=O)(=O)Cl)cc2)Cc2ccccc2C1)c1ccc(F)cc1.O=C(NC1(C(=O)Nc2ccc(SCc3ccccc3)cc2)Cc2ccccc2C1)c1ccc(F)cc1. The van der Waals surface area contributed by atoms with Gasteiger partial charge in [0.05, 0.1) is 4.90 Å². The van der Waals surface area contributed by atoms with Gasteiger partial charge < -0.3 is 21.3 Å². The molecule has 4 N–H and O–H groups in total. The summed E-state index contributed by atoms with van der Waals surface area (Å²) in [5.74, 6) is -1.67. The molecule has 4 amide bonds. The average Bonchev–Trinajstić information content (AvgIpc) is 3.91. The third kappa shape index (κ3) is 11.3. The summed E-state index contributed by atoms with van der Waals surface area (Å²) < 4.78 is 49.5. The first-order chi connectivity index (χ1) is 32.7. The summed E-state index contributed by atoms with van der Waals surface area (Å²) in [6.07, 6.45) is 1.31. The van der Waals surface area contributed by atoms with Gasteiger partial charge in [-0.25, -0.2) is 17.2 Å². The van der Waals surface area contributed by atoms with Crippen molar-refractivity contribution in [3.05, 3.63) is 227 Å². The first kappa shape index (κ1) is 47.4. The Hall–Kier alpha value is -7.13. The van der Waals surface area contributed by atoms with Crippen LogP contribution in [0.1, 0.15) is 48.5 Å². The van der Waals surface area contributed by atoms with Crippen molar-refractivity contribution in [2.24, 2.45) is 0 Å². The third-order valence-electron chi connectivity index (χ3n) is 11.7. The Morgan fingerprint density at radius 3 is 1.25 bits per heavy atom. The summed E-state index contributed by atoms with van der Waals surface area (Å²) in [6.45, 7) is 0. The molecule has 0 radical (unpaired) electrons. The molecule has 0 heterocycles. The predicted octanol–water partition coefficient (Wildman–Crippen LogP) is 9.68. The van der Waals surface area contributed by atoms with Crippen LogP contribution in [0.3, 0.4) is 0 Å². The van der Waals surface area contributed by atoms with Crippen LogP contribution >= 0.6 is 22.4 Å². The van der Waals surface area contributed by atoms with Crippen LogP contribution < -0.4 is 21.3 Å². The molecule has 0 spiro atoms. The fraction of sp³-hybridized carbons (Fsp3) is 0.132. The smallest absolute Gasteiger partial charge is 0.261 e. The molecule has 7 aromatic rings. The van der Waals surface area contributed by atoms with Crippen molar-refractivity contribution in [3.8, 4) is 0 Å². The zero-order chi connectivity index (χ0) is 47.9. The van der Waals surface area contributed by atoms with Crippen LogP contribution in [-0.4, -0.2) is 43.1 Å². The number of carbonyl (C=O) groups is 4. The second-order valence-electron chi connectivity index (χ2n) is 16.5. The summed E-state index contributed by atoms with van der Waals surface area (Å²) in [4.78, 5) is 53.9. The molecule has 2 aliphatic carbocycles. The summed E-state index contributed by atoms with van der Waals surface area (Å²) in [6, 6.07) is 49.1. The van der Waals surface area contributed by atoms with Crippen LogP contribution in [0.5, 0.6) is 0 Å². The minimum atomic E-state index is -3.89. The second-order valence-corrected chi connectivity index (χ2v) is 20.1. The van der Waals surface area contributed by atoms with Gasteiger partial charge in [0.25, 0.3) is 32.7 Å². The lowest BCUT2D eigenvalue weighted by atomic mass is 9.93. The summed E-state index contributed by atoms with van der Waals surface area (Å²) >= 11 is 1.73. The molecule has 0 aliphatic heterocycles. The minimum absolute atomic E-state index is 0.0928. The van der Waals surface area contributed by atoms with Crippen LogP contribution in [0.25, 0.3) is 0 Å². The van der Waals surface area contributed by atoms with Gasteiger partial charge in [-0.05, 0) is 125 Å². The van der Waals surface area contributed by atoms with E-state index in [4.69, 9.17) is 10.7 Å². The fourth-order valence-corrected chi connectivity index (χ4v) is 9.82. The number of benzene rings is 7. The van der Waals surface area contributed by atoms with E-state index in [0.29, 0.717) is 29.8 Å². The van der Waals surface area contributed by atoms with E-state index < -0.39 is 49.5 Å². The van der Waals surface area contributed by atoms with Crippen molar-refractivity contribution >= 4 is 66.5 Å². The van der Waals surface area contributed by atoms with E-state index in [0.717, 1.165) is 32.9 Å². The van der Waals surface area contributed by atoms with Crippen molar-refractivity contribution in [1.82, 2.24) is 10.6 Å². The van der Waals surface area contributed by atoms with Crippen molar-refractivity contribution in [3.63, 3.8) is 0 Å². The maximum atomic E-state index is 13.6. The standard InChI is InChI=1S/C30H25FN2O2S.C23H18ClFN2O4S/c31-25-12-10-22(11-13-25)28(34)33-30(18-23-8-4-5-9-24(23)19-30)29(35)32-26-14-16-27(17-15-26)36-20-21-6-2-1-3-7-21;24-32(30,31)20-11-9-19(10-12-20)26-22(29)23(13-16-3-1-2-4-17(16)14-23)27-21(28)15-5-7-18(25)8-6-15/h1-17H,18-20H2,(H,32,35)(H,33,34);1-12H,13-14H2,(H,26,29)(H,27,28). The highest BCUT2D eigenvalue weighted by Crippen LogP contribution is 2.34. The van der Waals surface area contributed by atoms with Crippen LogP contribution in [0, 0.1) is 11.6 Å². The zero-order valence-corrected chi connectivity index (χ0v) is 38.6. The van der Waals surface area contributed by atoms with Crippen molar-refractivity contribution < 1.29 is 36.4 Å². The van der Waals surface area contributed by atoms with Crippen LogP contribution in [-0.2, 0) is 50.1 Å². The highest BCUT2D eigenvalue weighted by Gasteiger charge is 2.46. The number of nitrogens with one attached hydrogen (secondary N) is 4. The van der Waals surface area contributed by atoms with Gasteiger partial charge in [0.2, 0.25) is 0 Å². The Balaban J connectivity index is 0.000000185. The number of hydrogen-bond acceptors (Lipinski definition) is 7. The van der Waals surface area contributed by atoms with Gasteiger partial charge in [-0.2, -0.15) is 0 Å². The molecule has 0 aromatic heterocycles. The lowest BCUT2D eigenvalue weighted by Gasteiger charge is -2.29. The van der Waals surface area contributed by atoms with Gasteiger partial charge in [0.15, 0.2) is 0 Å². The van der Waals surface area contributed by atoms with Crippen molar-refractivity contribution in [1.29, 1.82) is 0 Å². The Labute approximate surface area is 401 Å². The molecule has 0 atom stereocenters. The number of anilines is 2. The summed E-state index contributed by atoms with van der Waals surface area (Å²) in [7, 11) is 1.45. The van der Waals surface area contributed by atoms with E-state index in [1.807, 2.05) is 91.0 Å². The molecular weight excluding hydrogens is 926 g/mol. The van der Waals surface area contributed by atoms with Gasteiger partial charge >= 0.3 is 0 Å². The van der Waals surface area contributed by atoms with Gasteiger partial charge in [-0.1, -0.05) is 78.9 Å². The molecule has 68 heavy (non-hydrogen) atoms. The monoisotopic (exact) mass is 968 g/mol. The van der Waals surface area contributed by atoms with E-state index in [1.54, 1.807) is 11.8 Å². The molecule has 0 bridgehead atoms. The number of fused-ring (bicyclic) bond motifs is 2. The van der Waals surface area contributed by atoms with E-state index in [1.165, 1.54) is 78.4 Å². The zero-order valence-electron chi connectivity index (χ0n) is 36.2. The number of thioether (sulfide) groups is 1. The molecule has 0 saturated heterocycles. The number of carbonyl (C=O) groups excluding carboxylic acids is 4. The van der Waals surface area contributed by atoms with E-state index in [9.17, 15) is 36.4 Å². The molecule has 2 aliphatic rings. The summed E-state index contributed by atoms with van der Waals surface area (Å²) in [5.41, 5.74) is 4.31. The minimum Gasteiger partial charge on any atom is -0.337 e. The highest BCUT2D eigenvalue weighted by molar-refractivity contribution is 8.13. The number of halogens is 3. The second kappa shape index (κ2) is 20.4. The largest absolute Gasteiger partial charge is 0.337 e. The first-order valence-electron chi connectivity index (χ1n) is 21.4. The summed E-state index contributed by atoms with van der Waals surface area (Å²) in [5, 5.41) is 11.6. The number of hydrogen-bond donors (Lipinski definition) is 4. The molecule has 0 unspecified atom stereocenters. The Bertz CT molecular complexity index is 3040. The number of rotatable bonds is 12. The quantitative estimate of drug-likeness (QED) is 0.0704. The normalized spacial score (nSPS) is 14.0. The predicted molar refractivity (Wildman–Crippen MR) is 260 cm³/mol. The van der Waals surface area contributed by atoms with Gasteiger partial charge in [-0.15, -0.1) is 11.8 Å². The van der Waals surface area contributed by atoms with E-state index >= 15 is 0 Å². The van der Waals surface area contributed by atoms with Gasteiger partial charge in [-0.3, -0.25) is 19.2 Å². The molecule has 7 aromatic carbocycles. The van der Waals surface area contributed by atoms with E-state index in [-0.39, 0.29) is 29.2 Å². The molecule has 344 valence electrons. The molecule has 15 heteroatoms.